The number of benzene rings is 1. The minimum atomic E-state index is 0.765. The Kier molecular flexibility index (Phi) is 2.30. The highest BCUT2D eigenvalue weighted by Gasteiger charge is 2.03. The zero-order chi connectivity index (χ0) is 10.8. The Hall–Kier alpha value is -1.88. The molecule has 5 heteroatoms. The van der Waals surface area contributed by atoms with Crippen LogP contribution < -0.4 is 0 Å². The third-order valence-corrected chi connectivity index (χ3v) is 3.17. The molecule has 0 bridgehead atoms. The average Bonchev–Trinajstić information content (AvgIpc) is 2.80. The Morgan fingerprint density at radius 2 is 1.94 bits per heavy atom. The van der Waals surface area contributed by atoms with Crippen LogP contribution in [0.2, 0.25) is 0 Å². The Labute approximate surface area is 96.4 Å². The highest BCUT2D eigenvalue weighted by Crippen LogP contribution is 2.26. The molecule has 0 atom stereocenters. The van der Waals surface area contributed by atoms with Crippen LogP contribution in [0.25, 0.3) is 5.65 Å². The third kappa shape index (κ3) is 1.65. The molecule has 0 amide bonds. The molecule has 0 aliphatic heterocycles. The summed E-state index contributed by atoms with van der Waals surface area (Å²) in [6.07, 6.45) is 5.21. The quantitative estimate of drug-likeness (QED) is 0.675. The summed E-state index contributed by atoms with van der Waals surface area (Å²) in [4.78, 5) is 5.31. The summed E-state index contributed by atoms with van der Waals surface area (Å²) in [6.45, 7) is 0. The third-order valence-electron chi connectivity index (χ3n) is 2.15. The summed E-state index contributed by atoms with van der Waals surface area (Å²) in [7, 11) is 0. The monoisotopic (exact) mass is 228 g/mol. The van der Waals surface area contributed by atoms with Crippen LogP contribution >= 0.6 is 11.8 Å². The first-order valence-corrected chi connectivity index (χ1v) is 5.62. The smallest absolute Gasteiger partial charge is 0.179 e. The Balaban J connectivity index is 2.04. The van der Waals surface area contributed by atoms with Gasteiger partial charge in [0.25, 0.3) is 0 Å². The second-order valence-corrected chi connectivity index (χ2v) is 4.31. The molecule has 4 nitrogen and oxygen atoms in total. The van der Waals surface area contributed by atoms with Gasteiger partial charge in [-0.15, -0.1) is 10.2 Å². The molecule has 0 fully saturated rings. The lowest BCUT2D eigenvalue weighted by molar-refractivity contribution is 0.973. The molecule has 2 aromatic heterocycles. The van der Waals surface area contributed by atoms with Crippen LogP contribution in [0.4, 0.5) is 0 Å². The lowest BCUT2D eigenvalue weighted by atomic mass is 10.4. The van der Waals surface area contributed by atoms with Gasteiger partial charge in [-0.3, -0.25) is 9.38 Å². The van der Waals surface area contributed by atoms with E-state index in [1.165, 1.54) is 4.90 Å². The van der Waals surface area contributed by atoms with Crippen LogP contribution in [-0.2, 0) is 0 Å². The number of nitrogens with zero attached hydrogens (tertiary/aromatic N) is 4. The van der Waals surface area contributed by atoms with Gasteiger partial charge < -0.3 is 0 Å². The predicted octanol–water partition coefficient (Wildman–Crippen LogP) is 2.28. The van der Waals surface area contributed by atoms with Gasteiger partial charge in [-0.25, -0.2) is 0 Å². The van der Waals surface area contributed by atoms with E-state index in [-0.39, 0.29) is 0 Å². The lowest BCUT2D eigenvalue weighted by Crippen LogP contribution is -1.89. The topological polar surface area (TPSA) is 43.1 Å². The highest BCUT2D eigenvalue weighted by atomic mass is 32.2. The molecule has 0 aliphatic carbocycles. The van der Waals surface area contributed by atoms with Crippen LogP contribution in [-0.4, -0.2) is 19.6 Å². The molecular weight excluding hydrogens is 220 g/mol. The van der Waals surface area contributed by atoms with Crippen molar-refractivity contribution in [2.75, 3.05) is 0 Å². The fourth-order valence-electron chi connectivity index (χ4n) is 1.42. The molecule has 3 rings (SSSR count). The molecule has 78 valence electrons. The van der Waals surface area contributed by atoms with Crippen molar-refractivity contribution in [1.29, 1.82) is 0 Å². The van der Waals surface area contributed by atoms with Crippen LogP contribution in [0.5, 0.6) is 0 Å². The molecule has 0 aliphatic rings. The van der Waals surface area contributed by atoms with E-state index in [4.69, 9.17) is 0 Å². The second-order valence-electron chi connectivity index (χ2n) is 3.22. The summed E-state index contributed by atoms with van der Waals surface area (Å²) < 4.78 is 1.92. The molecule has 0 saturated heterocycles. The lowest BCUT2D eigenvalue weighted by Gasteiger charge is -2.02. The number of hydrogen-bond acceptors (Lipinski definition) is 4. The molecule has 1 aromatic carbocycles. The van der Waals surface area contributed by atoms with Gasteiger partial charge in [-0.05, 0) is 12.1 Å². The van der Waals surface area contributed by atoms with Crippen molar-refractivity contribution in [2.45, 2.75) is 9.92 Å². The van der Waals surface area contributed by atoms with Crippen molar-refractivity contribution < 1.29 is 0 Å². The molecule has 3 aromatic rings. The average molecular weight is 228 g/mol. The van der Waals surface area contributed by atoms with Crippen molar-refractivity contribution in [3.05, 3.63) is 49.1 Å². The number of hydrogen-bond donors (Lipinski definition) is 0. The van der Waals surface area contributed by atoms with E-state index in [1.54, 1.807) is 24.3 Å². The Morgan fingerprint density at radius 1 is 1.06 bits per heavy atom. The minimum absolute atomic E-state index is 0.765. The predicted molar refractivity (Wildman–Crippen MR) is 61.3 cm³/mol. The standard InChI is InChI=1S/C11H8N4S/c1-2-4-9(5-3-1)16-11-7-12-6-10-14-13-8-15(10)11/h1-8H. The maximum atomic E-state index is 4.14. The maximum absolute atomic E-state index is 4.14. The number of fused-ring (bicyclic) bond motifs is 1. The van der Waals surface area contributed by atoms with E-state index in [2.05, 4.69) is 27.3 Å². The summed E-state index contributed by atoms with van der Waals surface area (Å²) in [6, 6.07) is 10.2. The molecule has 0 radical (unpaired) electrons. The van der Waals surface area contributed by atoms with Crippen molar-refractivity contribution in [3.8, 4) is 0 Å². The summed E-state index contributed by atoms with van der Waals surface area (Å²) in [5, 5.41) is 8.83. The zero-order valence-corrected chi connectivity index (χ0v) is 9.13. The summed E-state index contributed by atoms with van der Waals surface area (Å²) in [5.74, 6) is 0. The van der Waals surface area contributed by atoms with Gasteiger partial charge in [-0.2, -0.15) is 0 Å². The molecule has 0 N–H and O–H groups in total. The fraction of sp³-hybridized carbons (Fsp3) is 0. The first-order valence-electron chi connectivity index (χ1n) is 4.80. The van der Waals surface area contributed by atoms with Gasteiger partial charge >= 0.3 is 0 Å². The van der Waals surface area contributed by atoms with Crippen LogP contribution in [0.3, 0.4) is 0 Å². The van der Waals surface area contributed by atoms with Gasteiger partial charge in [0, 0.05) is 4.90 Å². The minimum Gasteiger partial charge on any atom is -0.273 e. The SMILES string of the molecule is c1ccc(Sc2cncc3nncn23)cc1. The fourth-order valence-corrected chi connectivity index (χ4v) is 2.30. The normalized spacial score (nSPS) is 10.8. The molecular formula is C11H8N4S. The van der Waals surface area contributed by atoms with Crippen LogP contribution in [0.1, 0.15) is 0 Å². The molecule has 16 heavy (non-hydrogen) atoms. The molecule has 0 unspecified atom stereocenters. The summed E-state index contributed by atoms with van der Waals surface area (Å²) >= 11 is 1.64. The van der Waals surface area contributed by atoms with Gasteiger partial charge in [-0.1, -0.05) is 30.0 Å². The Morgan fingerprint density at radius 3 is 2.81 bits per heavy atom. The van der Waals surface area contributed by atoms with Gasteiger partial charge in [0.15, 0.2) is 5.65 Å². The molecule has 2 heterocycles. The van der Waals surface area contributed by atoms with Crippen molar-refractivity contribution in [2.24, 2.45) is 0 Å². The van der Waals surface area contributed by atoms with E-state index in [0.717, 1.165) is 10.7 Å². The van der Waals surface area contributed by atoms with Gasteiger partial charge in [0.05, 0.1) is 12.4 Å². The largest absolute Gasteiger partial charge is 0.273 e. The van der Waals surface area contributed by atoms with Crippen LogP contribution in [0, 0.1) is 0 Å². The summed E-state index contributed by atoms with van der Waals surface area (Å²) in [5.41, 5.74) is 0.765. The van der Waals surface area contributed by atoms with Gasteiger partial charge in [0.2, 0.25) is 0 Å². The number of aromatic nitrogens is 4. The molecule has 0 saturated carbocycles. The molecule has 0 spiro atoms. The second kappa shape index (κ2) is 3.94. The number of rotatable bonds is 2. The van der Waals surface area contributed by atoms with E-state index in [0.29, 0.717) is 0 Å². The van der Waals surface area contributed by atoms with E-state index in [1.807, 2.05) is 28.8 Å². The van der Waals surface area contributed by atoms with Gasteiger partial charge in [0.1, 0.15) is 11.4 Å². The zero-order valence-electron chi connectivity index (χ0n) is 8.32. The van der Waals surface area contributed by atoms with E-state index >= 15 is 0 Å². The van der Waals surface area contributed by atoms with E-state index < -0.39 is 0 Å². The van der Waals surface area contributed by atoms with Crippen LogP contribution in [0.15, 0.2) is 59.0 Å². The first kappa shape index (κ1) is 9.35. The van der Waals surface area contributed by atoms with E-state index in [9.17, 15) is 0 Å². The Bertz CT molecular complexity index is 605. The maximum Gasteiger partial charge on any atom is 0.179 e. The van der Waals surface area contributed by atoms with Crippen molar-refractivity contribution in [1.82, 2.24) is 19.6 Å². The van der Waals surface area contributed by atoms with Crippen molar-refractivity contribution in [3.63, 3.8) is 0 Å². The first-order chi connectivity index (χ1) is 7.93. The highest BCUT2D eigenvalue weighted by molar-refractivity contribution is 7.99. The van der Waals surface area contributed by atoms with Crippen molar-refractivity contribution >= 4 is 17.4 Å².